The van der Waals surface area contributed by atoms with Crippen molar-refractivity contribution in [1.82, 2.24) is 57.3 Å². The lowest BCUT2D eigenvalue weighted by Crippen LogP contribution is -2.32. The van der Waals surface area contributed by atoms with Gasteiger partial charge in [-0.05, 0) is 143 Å². The summed E-state index contributed by atoms with van der Waals surface area (Å²) in [6.07, 6.45) is 34.5. The van der Waals surface area contributed by atoms with Crippen LogP contribution < -0.4 is 0 Å². The highest BCUT2D eigenvalue weighted by molar-refractivity contribution is 5.74. The summed E-state index contributed by atoms with van der Waals surface area (Å²) in [5.74, 6) is 1.68. The van der Waals surface area contributed by atoms with Crippen LogP contribution in [0.15, 0.2) is 221 Å². The van der Waals surface area contributed by atoms with Gasteiger partial charge in [-0.25, -0.2) is 29.9 Å². The first-order valence-electron chi connectivity index (χ1n) is 44.3. The van der Waals surface area contributed by atoms with Gasteiger partial charge >= 0.3 is 0 Å². The molecular weight excluding hydrogens is 1490 g/mol. The second-order valence-electron chi connectivity index (χ2n) is 41.1. The van der Waals surface area contributed by atoms with Gasteiger partial charge in [-0.15, -0.1) is 0 Å². The third-order valence-electron chi connectivity index (χ3n) is 31.5. The fourth-order valence-electron chi connectivity index (χ4n) is 24.4. The van der Waals surface area contributed by atoms with Crippen LogP contribution in [0.2, 0.25) is 0 Å². The van der Waals surface area contributed by atoms with Crippen molar-refractivity contribution in [2.24, 2.45) is 68.0 Å². The second kappa shape index (κ2) is 30.1. The van der Waals surface area contributed by atoms with Crippen LogP contribution >= 0.6 is 0 Å². The Bertz CT molecular complexity index is 4850. The zero-order valence-electron chi connectivity index (χ0n) is 71.7. The molecule has 18 atom stereocenters. The summed E-state index contributed by atoms with van der Waals surface area (Å²) < 4.78 is 13.5. The van der Waals surface area contributed by atoms with Crippen molar-refractivity contribution in [2.75, 3.05) is 0 Å². The molecule has 6 fully saturated rings. The van der Waals surface area contributed by atoms with Crippen molar-refractivity contribution in [2.45, 2.75) is 233 Å². The van der Waals surface area contributed by atoms with Crippen LogP contribution in [0.1, 0.15) is 230 Å². The number of fused-ring (bicyclic) bond motifs is 18. The maximum Gasteiger partial charge on any atom is 0.0956 e. The quantitative estimate of drug-likeness (QED) is 0.0914. The van der Waals surface area contributed by atoms with E-state index in [4.69, 9.17) is 0 Å². The lowest BCUT2D eigenvalue weighted by molar-refractivity contribution is 0.0343. The molecule has 0 amide bonds. The average Bonchev–Trinajstić information content (AvgIpc) is 1.61. The number of imidazole rings is 6. The molecule has 6 aromatic heterocycles. The zero-order valence-corrected chi connectivity index (χ0v) is 71.7. The molecule has 0 bridgehead atoms. The van der Waals surface area contributed by atoms with Gasteiger partial charge in [0.25, 0.3) is 0 Å². The highest BCUT2D eigenvalue weighted by Gasteiger charge is 2.54. The van der Waals surface area contributed by atoms with Crippen LogP contribution in [0, 0.1) is 68.0 Å². The van der Waals surface area contributed by atoms with E-state index in [1.807, 2.05) is 75.1 Å². The number of aliphatic hydroxyl groups excluding tert-OH is 6. The Kier molecular flexibility index (Phi) is 20.1. The molecule has 120 heavy (non-hydrogen) atoms. The van der Waals surface area contributed by atoms with Crippen LogP contribution in [-0.4, -0.2) is 125 Å². The van der Waals surface area contributed by atoms with Gasteiger partial charge in [-0.1, -0.05) is 229 Å². The van der Waals surface area contributed by atoms with Crippen molar-refractivity contribution >= 4 is 0 Å². The van der Waals surface area contributed by atoms with Gasteiger partial charge in [-0.3, -0.25) is 0 Å². The van der Waals surface area contributed by atoms with Gasteiger partial charge in [0, 0.05) is 68.9 Å². The molecule has 12 aromatic rings. The number of hydrogen-bond donors (Lipinski definition) is 6. The standard InChI is InChI=1S/6C17H20N2O/c6*1-17(2)8-7-13(16(17)20)15-12-6-4-3-5-11(12)14-9-18-10-19(14)15/h6*3-6,9-10,13,15-16,20H,7-8H2,1-2H3/t2*13-,15+,16+;2*13-,15+,16-;2*13-,15-,16+/m101010/s1. The summed E-state index contributed by atoms with van der Waals surface area (Å²) >= 11 is 0. The Labute approximate surface area is 706 Å². The van der Waals surface area contributed by atoms with E-state index in [0.29, 0.717) is 0 Å². The molecule has 6 N–H and O–H groups in total. The second-order valence-corrected chi connectivity index (χ2v) is 41.1. The van der Waals surface area contributed by atoms with Crippen molar-refractivity contribution < 1.29 is 30.6 Å². The molecule has 18 nitrogen and oxygen atoms in total. The van der Waals surface area contributed by atoms with Crippen molar-refractivity contribution in [1.29, 1.82) is 0 Å². The molecule has 12 heterocycles. The largest absolute Gasteiger partial charge is 0.392 e. The van der Waals surface area contributed by atoms with Crippen molar-refractivity contribution in [3.05, 3.63) is 254 Å². The van der Waals surface area contributed by atoms with Crippen LogP contribution in [0.5, 0.6) is 0 Å². The summed E-state index contributed by atoms with van der Waals surface area (Å²) in [5.41, 5.74) is 22.9. The third-order valence-corrected chi connectivity index (χ3v) is 31.5. The Morgan fingerprint density at radius 3 is 0.475 bits per heavy atom. The van der Waals surface area contributed by atoms with E-state index in [1.54, 1.807) is 0 Å². The van der Waals surface area contributed by atoms with Gasteiger partial charge in [-0.2, -0.15) is 0 Å². The monoisotopic (exact) mass is 1610 g/mol. The molecule has 24 rings (SSSR count). The molecular formula is C102H120N12O6. The number of aliphatic hydroxyl groups is 6. The van der Waals surface area contributed by atoms with E-state index in [2.05, 4.69) is 286 Å². The van der Waals surface area contributed by atoms with Crippen LogP contribution in [0.4, 0.5) is 0 Å². The molecule has 0 unspecified atom stereocenters. The minimum absolute atomic E-state index is 0.0168. The molecule has 12 aliphatic rings. The highest BCUT2D eigenvalue weighted by Crippen LogP contribution is 2.60. The maximum absolute atomic E-state index is 10.7. The molecule has 6 aromatic carbocycles. The van der Waals surface area contributed by atoms with Crippen LogP contribution in [0.25, 0.3) is 67.5 Å². The first-order chi connectivity index (χ1) is 57.6. The van der Waals surface area contributed by atoms with E-state index in [9.17, 15) is 30.6 Å². The molecule has 6 aliphatic heterocycles. The zero-order chi connectivity index (χ0) is 83.4. The Balaban J connectivity index is 0.0000000952. The summed E-state index contributed by atoms with van der Waals surface area (Å²) in [7, 11) is 0. The molecule has 6 saturated carbocycles. The van der Waals surface area contributed by atoms with Gasteiger partial charge in [0.2, 0.25) is 0 Å². The summed E-state index contributed by atoms with van der Waals surface area (Å²) in [6, 6.07) is 52.6. The lowest BCUT2D eigenvalue weighted by Gasteiger charge is -2.30. The average molecular weight is 1610 g/mol. The molecule has 6 aliphatic carbocycles. The molecule has 18 heteroatoms. The Hall–Kier alpha value is -9.66. The van der Waals surface area contributed by atoms with E-state index in [-0.39, 0.29) is 141 Å². The third kappa shape index (κ3) is 13.1. The minimum atomic E-state index is -0.256. The number of nitrogens with zero attached hydrogens (tertiary/aromatic N) is 12. The van der Waals surface area contributed by atoms with E-state index < -0.39 is 0 Å². The van der Waals surface area contributed by atoms with E-state index in [1.165, 1.54) is 101 Å². The summed E-state index contributed by atoms with van der Waals surface area (Å²) in [5, 5.41) is 64.4. The summed E-state index contributed by atoms with van der Waals surface area (Å²) in [6.45, 7) is 26.1. The lowest BCUT2D eigenvalue weighted by atomic mass is 9.83. The molecule has 0 spiro atoms. The predicted octanol–water partition coefficient (Wildman–Crippen LogP) is 19.5. The first kappa shape index (κ1) is 80.1. The van der Waals surface area contributed by atoms with E-state index >= 15 is 0 Å². The van der Waals surface area contributed by atoms with Crippen molar-refractivity contribution in [3.8, 4) is 67.5 Å². The maximum atomic E-state index is 10.7. The van der Waals surface area contributed by atoms with E-state index in [0.717, 1.165) is 77.0 Å². The van der Waals surface area contributed by atoms with Gasteiger partial charge in [0.1, 0.15) is 0 Å². The predicted molar refractivity (Wildman–Crippen MR) is 470 cm³/mol. The van der Waals surface area contributed by atoms with Gasteiger partial charge in [0.05, 0.1) is 182 Å². The fourth-order valence-corrected chi connectivity index (χ4v) is 24.4. The highest BCUT2D eigenvalue weighted by atomic mass is 16.3. The van der Waals surface area contributed by atoms with Gasteiger partial charge < -0.3 is 58.0 Å². The topological polar surface area (TPSA) is 228 Å². The molecule has 624 valence electrons. The summed E-state index contributed by atoms with van der Waals surface area (Å²) in [4.78, 5) is 25.8. The SMILES string of the molecule is CC1(C)CC[C@@H]([C@@H]2c3ccccc3-c3cncn32)[C@H]1O.CC1(C)CC[C@@H]([C@H]2c3ccccc3-c3cncn32)[C@@H]1O.CC1(C)CC[C@@H]([C@H]2c3ccccc3-c3cncn32)[C@H]1O.CC1(C)CC[C@H]([C@@H]2c3ccccc3-c3cncn32)[C@@H]1O.CC1(C)CC[C@H]([C@@H]2c3ccccc3-c3cncn32)[C@H]1O.CC1(C)CC[C@H]([C@H]2c3ccccc3-c3cncn32)[C@@H]1O. The smallest absolute Gasteiger partial charge is 0.0956 e. The number of aromatic nitrogens is 12. The van der Waals surface area contributed by atoms with Crippen LogP contribution in [0.3, 0.4) is 0 Å². The normalized spacial score (nSPS) is 30.2. The fraction of sp³-hybridized carbons (Fsp3) is 0.471. The van der Waals surface area contributed by atoms with Gasteiger partial charge in [0.15, 0.2) is 0 Å². The van der Waals surface area contributed by atoms with Crippen LogP contribution in [-0.2, 0) is 0 Å². The molecule has 0 saturated heterocycles. The first-order valence-corrected chi connectivity index (χ1v) is 44.3. The Morgan fingerprint density at radius 1 is 0.217 bits per heavy atom. The Morgan fingerprint density at radius 2 is 0.350 bits per heavy atom. The number of rotatable bonds is 6. The minimum Gasteiger partial charge on any atom is -0.392 e. The number of benzene rings is 6. The van der Waals surface area contributed by atoms with Crippen molar-refractivity contribution in [3.63, 3.8) is 0 Å². The molecule has 0 radical (unpaired) electrons. The number of hydrogen-bond acceptors (Lipinski definition) is 12.